The van der Waals surface area contributed by atoms with E-state index in [1.807, 2.05) is 0 Å². The highest BCUT2D eigenvalue weighted by atomic mass is 19.1. The molecule has 18 heavy (non-hydrogen) atoms. The van der Waals surface area contributed by atoms with Crippen LogP contribution in [0.5, 0.6) is 0 Å². The zero-order valence-corrected chi connectivity index (χ0v) is 10.3. The topological polar surface area (TPSA) is 46.6 Å². The van der Waals surface area contributed by atoms with Crippen LogP contribution in [0.25, 0.3) is 0 Å². The summed E-state index contributed by atoms with van der Waals surface area (Å²) in [6, 6.07) is 4.63. The first kappa shape index (κ1) is 12.5. The third kappa shape index (κ3) is 2.08. The third-order valence-corrected chi connectivity index (χ3v) is 3.12. The number of rotatable bonds is 2. The molecular formula is C13H14FNO3. The van der Waals surface area contributed by atoms with Crippen LogP contribution in [-0.2, 0) is 14.3 Å². The molecule has 0 saturated carbocycles. The van der Waals surface area contributed by atoms with Crippen molar-refractivity contribution in [1.82, 2.24) is 0 Å². The number of halogens is 1. The number of ether oxygens (including phenoxy) is 1. The van der Waals surface area contributed by atoms with E-state index in [0.29, 0.717) is 5.56 Å². The lowest BCUT2D eigenvalue weighted by Gasteiger charge is -2.19. The number of nitrogens with zero attached hydrogens (tertiary/aromatic N) is 1. The zero-order valence-electron chi connectivity index (χ0n) is 10.3. The Morgan fingerprint density at radius 3 is 2.83 bits per heavy atom. The Balaban J connectivity index is 2.30. The first-order valence-corrected chi connectivity index (χ1v) is 5.68. The number of methoxy groups -OCH3 is 1. The lowest BCUT2D eigenvalue weighted by molar-refractivity contribution is -0.145. The van der Waals surface area contributed by atoms with Gasteiger partial charge < -0.3 is 9.64 Å². The molecule has 1 heterocycles. The fourth-order valence-electron chi connectivity index (χ4n) is 2.21. The molecule has 0 N–H and O–H groups in total. The molecule has 1 aliphatic rings. The maximum Gasteiger partial charge on any atom is 0.311 e. The van der Waals surface area contributed by atoms with E-state index in [2.05, 4.69) is 4.74 Å². The van der Waals surface area contributed by atoms with E-state index in [-0.39, 0.29) is 24.6 Å². The first-order valence-electron chi connectivity index (χ1n) is 5.68. The molecule has 2 rings (SSSR count). The van der Waals surface area contributed by atoms with E-state index in [4.69, 9.17) is 0 Å². The quantitative estimate of drug-likeness (QED) is 0.751. The van der Waals surface area contributed by atoms with E-state index in [9.17, 15) is 14.0 Å². The van der Waals surface area contributed by atoms with Crippen molar-refractivity contribution in [2.45, 2.75) is 13.3 Å². The number of para-hydroxylation sites is 1. The lowest BCUT2D eigenvalue weighted by atomic mass is 10.1. The smallest absolute Gasteiger partial charge is 0.311 e. The Bertz CT molecular complexity index is 481. The van der Waals surface area contributed by atoms with Crippen molar-refractivity contribution in [2.75, 3.05) is 18.6 Å². The Kier molecular flexibility index (Phi) is 3.32. The molecule has 1 aliphatic heterocycles. The predicted molar refractivity (Wildman–Crippen MR) is 63.6 cm³/mol. The van der Waals surface area contributed by atoms with Crippen LogP contribution >= 0.6 is 0 Å². The minimum absolute atomic E-state index is 0.0699. The molecule has 5 heteroatoms. The molecule has 1 unspecified atom stereocenters. The summed E-state index contributed by atoms with van der Waals surface area (Å²) >= 11 is 0. The zero-order chi connectivity index (χ0) is 13.3. The fraction of sp³-hybridized carbons (Fsp3) is 0.385. The van der Waals surface area contributed by atoms with Gasteiger partial charge in [-0.3, -0.25) is 9.59 Å². The van der Waals surface area contributed by atoms with Gasteiger partial charge in [-0.2, -0.15) is 0 Å². The van der Waals surface area contributed by atoms with Gasteiger partial charge in [0, 0.05) is 13.0 Å². The Morgan fingerprint density at radius 1 is 1.50 bits per heavy atom. The summed E-state index contributed by atoms with van der Waals surface area (Å²) in [5.74, 6) is -1.64. The molecule has 1 amide bonds. The first-order chi connectivity index (χ1) is 8.54. The van der Waals surface area contributed by atoms with E-state index in [1.165, 1.54) is 18.1 Å². The van der Waals surface area contributed by atoms with Gasteiger partial charge in [0.1, 0.15) is 5.82 Å². The summed E-state index contributed by atoms with van der Waals surface area (Å²) in [7, 11) is 1.28. The lowest BCUT2D eigenvalue weighted by Crippen LogP contribution is -2.27. The molecule has 1 fully saturated rings. The molecule has 1 atom stereocenters. The van der Waals surface area contributed by atoms with Gasteiger partial charge in [0.25, 0.3) is 0 Å². The number of esters is 1. The molecule has 0 aromatic heterocycles. The summed E-state index contributed by atoms with van der Waals surface area (Å²) in [4.78, 5) is 24.6. The summed E-state index contributed by atoms with van der Waals surface area (Å²) in [6.07, 6.45) is 0.0699. The van der Waals surface area contributed by atoms with Crippen molar-refractivity contribution in [3.63, 3.8) is 0 Å². The summed E-state index contributed by atoms with van der Waals surface area (Å²) in [6.45, 7) is 1.91. The van der Waals surface area contributed by atoms with Crippen LogP contribution in [-0.4, -0.2) is 25.5 Å². The predicted octanol–water partition coefficient (Wildman–Crippen LogP) is 1.66. The molecule has 0 radical (unpaired) electrons. The molecule has 1 aromatic rings. The van der Waals surface area contributed by atoms with Gasteiger partial charge in [0.05, 0.1) is 18.7 Å². The number of hydrogen-bond donors (Lipinski definition) is 0. The van der Waals surface area contributed by atoms with Gasteiger partial charge in [0.15, 0.2) is 0 Å². The number of hydrogen-bond acceptors (Lipinski definition) is 3. The highest BCUT2D eigenvalue weighted by molar-refractivity contribution is 6.00. The number of benzene rings is 1. The van der Waals surface area contributed by atoms with Crippen LogP contribution in [0.3, 0.4) is 0 Å². The Morgan fingerprint density at radius 2 is 2.22 bits per heavy atom. The van der Waals surface area contributed by atoms with E-state index < -0.39 is 17.7 Å². The van der Waals surface area contributed by atoms with Crippen LogP contribution in [0.1, 0.15) is 12.0 Å². The SMILES string of the molecule is COC(=O)C1CC(=O)N(c2c(C)cccc2F)C1. The fourth-order valence-corrected chi connectivity index (χ4v) is 2.21. The number of anilines is 1. The third-order valence-electron chi connectivity index (χ3n) is 3.12. The molecule has 0 spiro atoms. The minimum atomic E-state index is -0.512. The normalized spacial score (nSPS) is 19.2. The van der Waals surface area contributed by atoms with Crippen LogP contribution in [0.4, 0.5) is 10.1 Å². The minimum Gasteiger partial charge on any atom is -0.469 e. The standard InChI is InChI=1S/C13H14FNO3/c1-8-4-3-5-10(14)12(8)15-7-9(6-11(15)16)13(17)18-2/h3-5,9H,6-7H2,1-2H3. The Labute approximate surface area is 104 Å². The summed E-state index contributed by atoms with van der Waals surface area (Å²) in [5, 5.41) is 0. The molecule has 0 aliphatic carbocycles. The van der Waals surface area contributed by atoms with Gasteiger partial charge in [-0.1, -0.05) is 12.1 Å². The van der Waals surface area contributed by atoms with Crippen molar-refractivity contribution in [1.29, 1.82) is 0 Å². The van der Waals surface area contributed by atoms with Gasteiger partial charge in [0.2, 0.25) is 5.91 Å². The highest BCUT2D eigenvalue weighted by Crippen LogP contribution is 2.30. The average Bonchev–Trinajstić information content (AvgIpc) is 2.70. The molecular weight excluding hydrogens is 237 g/mol. The van der Waals surface area contributed by atoms with Crippen molar-refractivity contribution in [3.05, 3.63) is 29.6 Å². The van der Waals surface area contributed by atoms with E-state index >= 15 is 0 Å². The average molecular weight is 251 g/mol. The second kappa shape index (κ2) is 4.76. The van der Waals surface area contributed by atoms with Crippen molar-refractivity contribution in [2.24, 2.45) is 5.92 Å². The molecule has 1 aromatic carbocycles. The molecule has 96 valence electrons. The maximum atomic E-state index is 13.8. The summed E-state index contributed by atoms with van der Waals surface area (Å²) in [5.41, 5.74) is 0.933. The number of amides is 1. The van der Waals surface area contributed by atoms with Crippen LogP contribution in [0.2, 0.25) is 0 Å². The monoisotopic (exact) mass is 251 g/mol. The largest absolute Gasteiger partial charge is 0.469 e. The summed E-state index contributed by atoms with van der Waals surface area (Å²) < 4.78 is 18.4. The molecule has 4 nitrogen and oxygen atoms in total. The maximum absolute atomic E-state index is 13.8. The van der Waals surface area contributed by atoms with Crippen LogP contribution in [0, 0.1) is 18.7 Å². The van der Waals surface area contributed by atoms with Gasteiger partial charge in [-0.25, -0.2) is 4.39 Å². The molecule has 1 saturated heterocycles. The second-order valence-electron chi connectivity index (χ2n) is 4.33. The van der Waals surface area contributed by atoms with Crippen LogP contribution < -0.4 is 4.90 Å². The number of aryl methyl sites for hydroxylation is 1. The highest BCUT2D eigenvalue weighted by Gasteiger charge is 2.37. The van der Waals surface area contributed by atoms with Crippen molar-refractivity contribution in [3.8, 4) is 0 Å². The van der Waals surface area contributed by atoms with Crippen molar-refractivity contribution >= 4 is 17.6 Å². The Hall–Kier alpha value is -1.91. The number of carbonyl (C=O) groups excluding carboxylic acids is 2. The van der Waals surface area contributed by atoms with Gasteiger partial charge in [-0.05, 0) is 18.6 Å². The van der Waals surface area contributed by atoms with Crippen LogP contribution in [0.15, 0.2) is 18.2 Å². The second-order valence-corrected chi connectivity index (χ2v) is 4.33. The van der Waals surface area contributed by atoms with E-state index in [1.54, 1.807) is 19.1 Å². The number of carbonyl (C=O) groups is 2. The van der Waals surface area contributed by atoms with Gasteiger partial charge in [-0.15, -0.1) is 0 Å². The van der Waals surface area contributed by atoms with Crippen molar-refractivity contribution < 1.29 is 18.7 Å². The van der Waals surface area contributed by atoms with E-state index in [0.717, 1.165) is 0 Å². The molecule has 0 bridgehead atoms. The van der Waals surface area contributed by atoms with Gasteiger partial charge >= 0.3 is 5.97 Å².